The van der Waals surface area contributed by atoms with Crippen LogP contribution in [-0.2, 0) is 28.4 Å². The van der Waals surface area contributed by atoms with Gasteiger partial charge in [0.1, 0.15) is 13.2 Å². The first-order valence-electron chi connectivity index (χ1n) is 10.1. The summed E-state index contributed by atoms with van der Waals surface area (Å²) in [5, 5.41) is 0. The number of carbonyl (C=O) groups is 2. The lowest BCUT2D eigenvalue weighted by molar-refractivity contribution is -0.139. The summed E-state index contributed by atoms with van der Waals surface area (Å²) in [6, 6.07) is 6.17. The molecule has 0 aliphatic carbocycles. The molecule has 8 heteroatoms. The van der Waals surface area contributed by atoms with Gasteiger partial charge in [0.15, 0.2) is 0 Å². The average Bonchev–Trinajstić information content (AvgIpc) is 2.70. The third-order valence-electron chi connectivity index (χ3n) is 4.98. The summed E-state index contributed by atoms with van der Waals surface area (Å²) in [7, 11) is 0. The minimum atomic E-state index is -0.460. The predicted octanol–water partition coefficient (Wildman–Crippen LogP) is 2.11. The molecule has 2 aliphatic heterocycles. The summed E-state index contributed by atoms with van der Waals surface area (Å²) in [5.41, 5.74) is 0.879. The van der Waals surface area contributed by atoms with Crippen molar-refractivity contribution in [2.45, 2.75) is 13.8 Å². The van der Waals surface area contributed by atoms with Crippen molar-refractivity contribution < 1.29 is 38.0 Å². The summed E-state index contributed by atoms with van der Waals surface area (Å²) in [4.78, 5) is 24.1. The van der Waals surface area contributed by atoms with Crippen LogP contribution < -0.4 is 0 Å². The van der Waals surface area contributed by atoms with Gasteiger partial charge in [0.25, 0.3) is 0 Å². The van der Waals surface area contributed by atoms with Crippen LogP contribution >= 0.6 is 0 Å². The zero-order chi connectivity index (χ0) is 21.5. The minimum Gasteiger partial charge on any atom is -0.460 e. The fourth-order valence-corrected chi connectivity index (χ4v) is 3.00. The first kappa shape index (κ1) is 22.7. The maximum atomic E-state index is 12.1. The summed E-state index contributed by atoms with van der Waals surface area (Å²) in [6.07, 6.45) is 0. The van der Waals surface area contributed by atoms with Crippen molar-refractivity contribution in [1.82, 2.24) is 0 Å². The van der Waals surface area contributed by atoms with Crippen LogP contribution in [0.1, 0.15) is 34.6 Å². The molecule has 2 aliphatic rings. The molecule has 3 rings (SSSR count). The number of hydrogen-bond acceptors (Lipinski definition) is 8. The van der Waals surface area contributed by atoms with E-state index in [9.17, 15) is 9.59 Å². The predicted molar refractivity (Wildman–Crippen MR) is 106 cm³/mol. The maximum absolute atomic E-state index is 12.1. The molecule has 0 unspecified atom stereocenters. The molecule has 30 heavy (non-hydrogen) atoms. The first-order valence-corrected chi connectivity index (χ1v) is 10.1. The van der Waals surface area contributed by atoms with Crippen molar-refractivity contribution in [1.29, 1.82) is 0 Å². The van der Waals surface area contributed by atoms with Crippen molar-refractivity contribution in [2.75, 3.05) is 66.1 Å². The van der Waals surface area contributed by atoms with Crippen LogP contribution in [0.25, 0.3) is 0 Å². The van der Waals surface area contributed by atoms with E-state index in [0.29, 0.717) is 64.0 Å². The Bertz CT molecular complexity index is 645. The molecule has 0 atom stereocenters. The summed E-state index contributed by atoms with van der Waals surface area (Å²) >= 11 is 0. The van der Waals surface area contributed by atoms with E-state index in [2.05, 4.69) is 13.8 Å². The van der Waals surface area contributed by atoms with Gasteiger partial charge in [0, 0.05) is 10.8 Å². The van der Waals surface area contributed by atoms with E-state index < -0.39 is 11.9 Å². The quantitative estimate of drug-likeness (QED) is 0.374. The van der Waals surface area contributed by atoms with Crippen LogP contribution in [0.3, 0.4) is 0 Å². The van der Waals surface area contributed by atoms with E-state index in [1.165, 1.54) is 0 Å². The molecule has 0 saturated carbocycles. The lowest BCUT2D eigenvalue weighted by atomic mass is 9.90. The van der Waals surface area contributed by atoms with Crippen molar-refractivity contribution in [3.05, 3.63) is 35.4 Å². The molecule has 0 spiro atoms. The van der Waals surface area contributed by atoms with Gasteiger partial charge in [0.05, 0.1) is 64.0 Å². The third kappa shape index (κ3) is 6.50. The number of esters is 2. The van der Waals surface area contributed by atoms with E-state index in [4.69, 9.17) is 28.4 Å². The Kier molecular flexibility index (Phi) is 7.82. The van der Waals surface area contributed by atoms with E-state index in [1.54, 1.807) is 24.3 Å². The first-order chi connectivity index (χ1) is 14.4. The lowest BCUT2D eigenvalue weighted by Crippen LogP contribution is -2.43. The SMILES string of the molecule is CC1(COCCOC(=O)c2ccc(C(=O)OCCOCC3(C)COC3)cc2)COC1. The van der Waals surface area contributed by atoms with E-state index in [1.807, 2.05) is 0 Å². The Morgan fingerprint density at radius 1 is 0.733 bits per heavy atom. The fraction of sp³-hybridized carbons (Fsp3) is 0.636. The Hall–Kier alpha value is -2.00. The van der Waals surface area contributed by atoms with Crippen molar-refractivity contribution in [3.8, 4) is 0 Å². The highest BCUT2D eigenvalue weighted by molar-refractivity contribution is 5.93. The Morgan fingerprint density at radius 3 is 1.40 bits per heavy atom. The summed E-state index contributed by atoms with van der Waals surface area (Å²) in [6.45, 7) is 9.15. The van der Waals surface area contributed by atoms with Crippen LogP contribution in [-0.4, -0.2) is 78.0 Å². The topological polar surface area (TPSA) is 89.5 Å². The molecular formula is C22H30O8. The van der Waals surface area contributed by atoms with E-state index in [0.717, 1.165) is 0 Å². The highest BCUT2D eigenvalue weighted by atomic mass is 16.6. The second-order valence-corrected chi connectivity index (χ2v) is 8.56. The third-order valence-corrected chi connectivity index (χ3v) is 4.98. The molecule has 0 amide bonds. The normalized spacial score (nSPS) is 18.7. The summed E-state index contributed by atoms with van der Waals surface area (Å²) in [5.74, 6) is -0.919. The minimum absolute atomic E-state index is 0.0737. The molecule has 1 aromatic carbocycles. The molecule has 166 valence electrons. The van der Waals surface area contributed by atoms with Crippen molar-refractivity contribution >= 4 is 11.9 Å². The van der Waals surface area contributed by atoms with Crippen LogP contribution in [0, 0.1) is 10.8 Å². The Balaban J connectivity index is 1.29. The molecule has 2 heterocycles. The zero-order valence-electron chi connectivity index (χ0n) is 17.6. The smallest absolute Gasteiger partial charge is 0.338 e. The number of hydrogen-bond donors (Lipinski definition) is 0. The van der Waals surface area contributed by atoms with E-state index >= 15 is 0 Å². The second-order valence-electron chi connectivity index (χ2n) is 8.56. The molecule has 0 aromatic heterocycles. The number of benzene rings is 1. The molecular weight excluding hydrogens is 392 g/mol. The monoisotopic (exact) mass is 422 g/mol. The van der Waals surface area contributed by atoms with Crippen LogP contribution in [0.15, 0.2) is 24.3 Å². The van der Waals surface area contributed by atoms with Gasteiger partial charge in [-0.2, -0.15) is 0 Å². The lowest BCUT2D eigenvalue weighted by Gasteiger charge is -2.37. The van der Waals surface area contributed by atoms with Crippen LogP contribution in [0.2, 0.25) is 0 Å². The highest BCUT2D eigenvalue weighted by Crippen LogP contribution is 2.27. The summed E-state index contributed by atoms with van der Waals surface area (Å²) < 4.78 is 31.8. The van der Waals surface area contributed by atoms with E-state index in [-0.39, 0.29) is 24.0 Å². The van der Waals surface area contributed by atoms with Crippen LogP contribution in [0.5, 0.6) is 0 Å². The van der Waals surface area contributed by atoms with Crippen molar-refractivity contribution in [3.63, 3.8) is 0 Å². The Labute approximate surface area is 176 Å². The standard InChI is InChI=1S/C22H30O8/c1-21(13-27-14-21)11-25-7-9-29-19(23)17-3-5-18(6-4-17)20(24)30-10-8-26-12-22(2)15-28-16-22/h3-6H,7-16H2,1-2H3. The largest absolute Gasteiger partial charge is 0.460 e. The molecule has 0 N–H and O–H groups in total. The molecule has 2 saturated heterocycles. The second kappa shape index (κ2) is 10.3. The fourth-order valence-electron chi connectivity index (χ4n) is 3.00. The number of rotatable bonds is 12. The maximum Gasteiger partial charge on any atom is 0.338 e. The molecule has 8 nitrogen and oxygen atoms in total. The van der Waals surface area contributed by atoms with Gasteiger partial charge in [-0.05, 0) is 24.3 Å². The van der Waals surface area contributed by atoms with Gasteiger partial charge in [-0.25, -0.2) is 9.59 Å². The number of carbonyl (C=O) groups excluding carboxylic acids is 2. The Morgan fingerprint density at radius 2 is 1.10 bits per heavy atom. The van der Waals surface area contributed by atoms with Gasteiger partial charge >= 0.3 is 11.9 Å². The van der Waals surface area contributed by atoms with Crippen LogP contribution in [0.4, 0.5) is 0 Å². The molecule has 0 radical (unpaired) electrons. The average molecular weight is 422 g/mol. The zero-order valence-corrected chi connectivity index (χ0v) is 17.6. The van der Waals surface area contributed by atoms with Crippen molar-refractivity contribution in [2.24, 2.45) is 10.8 Å². The van der Waals surface area contributed by atoms with Gasteiger partial charge in [-0.1, -0.05) is 13.8 Å². The molecule has 2 fully saturated rings. The molecule has 0 bridgehead atoms. The molecule has 1 aromatic rings. The van der Waals surface area contributed by atoms with Gasteiger partial charge in [-0.3, -0.25) is 0 Å². The number of ether oxygens (including phenoxy) is 6. The van der Waals surface area contributed by atoms with Gasteiger partial charge < -0.3 is 28.4 Å². The van der Waals surface area contributed by atoms with Gasteiger partial charge in [0.2, 0.25) is 0 Å². The highest BCUT2D eigenvalue weighted by Gasteiger charge is 2.34. The van der Waals surface area contributed by atoms with Gasteiger partial charge in [-0.15, -0.1) is 0 Å².